The van der Waals surface area contributed by atoms with Crippen molar-refractivity contribution >= 4 is 11.9 Å². The van der Waals surface area contributed by atoms with E-state index in [4.69, 9.17) is 0 Å². The van der Waals surface area contributed by atoms with Crippen LogP contribution in [-0.4, -0.2) is 27.9 Å². The molecule has 0 spiro atoms. The van der Waals surface area contributed by atoms with Gasteiger partial charge in [0.05, 0.1) is 28.3 Å². The number of carboxylic acid groups (broad SMARTS) is 1. The number of hydrogen-bond donors (Lipinski definition) is 1. The molecule has 2 heterocycles. The topological polar surface area (TPSA) is 57.6 Å². The first kappa shape index (κ1) is 35.0. The van der Waals surface area contributed by atoms with Crippen LogP contribution in [0.25, 0.3) is 22.3 Å². The van der Waals surface area contributed by atoms with Crippen molar-refractivity contribution in [3.05, 3.63) is 117 Å². The van der Waals surface area contributed by atoms with Gasteiger partial charge in [-0.3, -0.25) is 4.79 Å². The second-order valence-electron chi connectivity index (χ2n) is 12.8. The van der Waals surface area contributed by atoms with Gasteiger partial charge in [0.25, 0.3) is 0 Å². The Labute approximate surface area is 280 Å². The molecule has 4 nitrogen and oxygen atoms in total. The minimum atomic E-state index is -5.09. The van der Waals surface area contributed by atoms with Crippen LogP contribution in [0.1, 0.15) is 80.5 Å². The van der Waals surface area contributed by atoms with E-state index in [0.717, 1.165) is 12.1 Å². The predicted octanol–water partition coefficient (Wildman–Crippen LogP) is 10.6. The minimum absolute atomic E-state index is 0.0167. The lowest BCUT2D eigenvalue weighted by Crippen LogP contribution is -2.31. The predicted molar refractivity (Wildman–Crippen MR) is 165 cm³/mol. The molecule has 0 radical (unpaired) electrons. The van der Waals surface area contributed by atoms with Crippen LogP contribution in [0.3, 0.4) is 0 Å². The first-order valence-corrected chi connectivity index (χ1v) is 15.5. The summed E-state index contributed by atoms with van der Waals surface area (Å²) in [6.45, 7) is 3.47. The first-order valence-electron chi connectivity index (χ1n) is 15.5. The SMILES string of the molecule is Cc1cc(C(=O)O)ccc1-c1ccc(C)c(-c2ccc(C(F)(F)F)cc2[C@@H]2CC[C@H]3[C@@H](c4cc(C(F)(F)F)cc(C(F)(F)F)c4)CC(=O)N23)c1. The molecule has 4 aromatic rings. The van der Waals surface area contributed by atoms with Gasteiger partial charge < -0.3 is 10.0 Å². The number of rotatable bonds is 5. The van der Waals surface area contributed by atoms with Crippen molar-refractivity contribution in [2.45, 2.75) is 69.6 Å². The molecule has 0 aliphatic carbocycles. The van der Waals surface area contributed by atoms with Crippen molar-refractivity contribution in [1.82, 2.24) is 4.90 Å². The largest absolute Gasteiger partial charge is 0.478 e. The number of carbonyl (C=O) groups is 2. The van der Waals surface area contributed by atoms with E-state index in [0.29, 0.717) is 45.5 Å². The molecule has 2 saturated heterocycles. The van der Waals surface area contributed by atoms with Crippen LogP contribution in [0.15, 0.2) is 72.8 Å². The Kier molecular flexibility index (Phi) is 8.55. The third kappa shape index (κ3) is 6.45. The number of hydrogen-bond acceptors (Lipinski definition) is 2. The zero-order valence-corrected chi connectivity index (χ0v) is 26.4. The highest BCUT2D eigenvalue weighted by Crippen LogP contribution is 2.52. The molecule has 262 valence electrons. The highest BCUT2D eigenvalue weighted by molar-refractivity contribution is 5.89. The molecule has 2 fully saturated rings. The summed E-state index contributed by atoms with van der Waals surface area (Å²) in [5.74, 6) is -2.75. The summed E-state index contributed by atoms with van der Waals surface area (Å²) >= 11 is 0. The van der Waals surface area contributed by atoms with Gasteiger partial charge in [0.15, 0.2) is 0 Å². The number of halogens is 9. The van der Waals surface area contributed by atoms with Gasteiger partial charge in [-0.1, -0.05) is 24.3 Å². The monoisotopic (exact) mass is 705 g/mol. The van der Waals surface area contributed by atoms with Crippen LogP contribution in [0, 0.1) is 13.8 Å². The smallest absolute Gasteiger partial charge is 0.416 e. The van der Waals surface area contributed by atoms with Gasteiger partial charge in [0, 0.05) is 18.4 Å². The number of carbonyl (C=O) groups excluding carboxylic acids is 1. The van der Waals surface area contributed by atoms with Gasteiger partial charge in [-0.2, -0.15) is 39.5 Å². The van der Waals surface area contributed by atoms with E-state index in [2.05, 4.69) is 0 Å². The lowest BCUT2D eigenvalue weighted by atomic mass is 9.86. The zero-order chi connectivity index (χ0) is 36.5. The molecule has 0 aromatic heterocycles. The molecule has 6 rings (SSSR count). The fourth-order valence-electron chi connectivity index (χ4n) is 7.32. The van der Waals surface area contributed by atoms with Crippen molar-refractivity contribution in [1.29, 1.82) is 0 Å². The minimum Gasteiger partial charge on any atom is -0.478 e. The maximum atomic E-state index is 14.1. The number of benzene rings is 4. The van der Waals surface area contributed by atoms with E-state index >= 15 is 0 Å². The summed E-state index contributed by atoms with van der Waals surface area (Å²) in [5, 5.41) is 9.37. The number of nitrogens with zero attached hydrogens (tertiary/aromatic N) is 1. The number of fused-ring (bicyclic) bond motifs is 1. The molecule has 1 N–H and O–H groups in total. The summed E-state index contributed by atoms with van der Waals surface area (Å²) in [6.07, 6.45) is -15.1. The highest BCUT2D eigenvalue weighted by atomic mass is 19.4. The Morgan fingerprint density at radius 3 is 1.88 bits per heavy atom. The molecule has 1 amide bonds. The Morgan fingerprint density at radius 1 is 0.680 bits per heavy atom. The molecule has 3 atom stereocenters. The Bertz CT molecular complexity index is 1980. The van der Waals surface area contributed by atoms with Crippen molar-refractivity contribution in [2.75, 3.05) is 0 Å². The normalized spacial score (nSPS) is 19.6. The van der Waals surface area contributed by atoms with Crippen molar-refractivity contribution in [2.24, 2.45) is 0 Å². The van der Waals surface area contributed by atoms with Gasteiger partial charge in [-0.05, 0) is 120 Å². The quantitative estimate of drug-likeness (QED) is 0.210. The van der Waals surface area contributed by atoms with Gasteiger partial charge in [0.1, 0.15) is 0 Å². The van der Waals surface area contributed by atoms with Crippen LogP contribution in [0.4, 0.5) is 39.5 Å². The van der Waals surface area contributed by atoms with Gasteiger partial charge in [-0.15, -0.1) is 0 Å². The van der Waals surface area contributed by atoms with Gasteiger partial charge in [-0.25, -0.2) is 4.79 Å². The molecule has 2 aliphatic heterocycles. The molecule has 13 heteroatoms. The third-order valence-electron chi connectivity index (χ3n) is 9.66. The fraction of sp³-hybridized carbons (Fsp3) is 0.297. The summed E-state index contributed by atoms with van der Waals surface area (Å²) in [4.78, 5) is 26.3. The molecular weight excluding hydrogens is 677 g/mol. The second kappa shape index (κ2) is 12.2. The third-order valence-corrected chi connectivity index (χ3v) is 9.66. The standard InChI is InChI=1S/C37H28F9NO3/c1-18-3-4-20(26-7-5-21(34(49)50)11-19(26)2)14-28(18)27-8-6-23(35(38,39)40)16-30(27)32-10-9-31-29(17-33(48)47(31)32)22-12-24(36(41,42)43)15-25(13-22)37(44,45)46/h3-8,11-16,29,31-32H,9-10,17H2,1-2H3,(H,49,50)/t29-,31+,32+/m1/s1. The Hall–Kier alpha value is -4.81. The first-order chi connectivity index (χ1) is 23.2. The number of carboxylic acids is 1. The number of alkyl halides is 9. The molecule has 0 unspecified atom stereocenters. The average Bonchev–Trinajstić information content (AvgIpc) is 3.61. The van der Waals surface area contributed by atoms with Gasteiger partial charge in [0.2, 0.25) is 5.91 Å². The molecular formula is C37H28F9NO3. The molecule has 0 saturated carbocycles. The fourth-order valence-corrected chi connectivity index (χ4v) is 7.32. The van der Waals surface area contributed by atoms with Crippen LogP contribution in [-0.2, 0) is 23.3 Å². The average molecular weight is 706 g/mol. The van der Waals surface area contributed by atoms with Gasteiger partial charge >= 0.3 is 24.5 Å². The number of aromatic carboxylic acids is 1. The van der Waals surface area contributed by atoms with E-state index in [-0.39, 0.29) is 35.6 Å². The molecule has 50 heavy (non-hydrogen) atoms. The number of amides is 1. The maximum Gasteiger partial charge on any atom is 0.416 e. The van der Waals surface area contributed by atoms with E-state index < -0.39 is 71.5 Å². The summed E-state index contributed by atoms with van der Waals surface area (Å²) in [7, 11) is 0. The number of aryl methyl sites for hydroxylation is 2. The summed E-state index contributed by atoms with van der Waals surface area (Å²) in [5.41, 5.74) is -0.527. The summed E-state index contributed by atoms with van der Waals surface area (Å²) < 4.78 is 124. The lowest BCUT2D eigenvalue weighted by Gasteiger charge is -2.29. The van der Waals surface area contributed by atoms with Crippen LogP contribution in [0.5, 0.6) is 0 Å². The van der Waals surface area contributed by atoms with Crippen molar-refractivity contribution in [3.8, 4) is 22.3 Å². The van der Waals surface area contributed by atoms with E-state index in [9.17, 15) is 54.2 Å². The van der Waals surface area contributed by atoms with Crippen molar-refractivity contribution < 1.29 is 54.2 Å². The molecule has 0 bridgehead atoms. The molecule has 4 aromatic carbocycles. The Morgan fingerprint density at radius 2 is 1.30 bits per heavy atom. The van der Waals surface area contributed by atoms with E-state index in [1.807, 2.05) is 0 Å². The zero-order valence-electron chi connectivity index (χ0n) is 26.4. The molecule has 2 aliphatic rings. The van der Waals surface area contributed by atoms with Crippen LogP contribution in [0.2, 0.25) is 0 Å². The van der Waals surface area contributed by atoms with Crippen LogP contribution >= 0.6 is 0 Å². The second-order valence-corrected chi connectivity index (χ2v) is 12.8. The summed E-state index contributed by atoms with van der Waals surface area (Å²) in [6, 6.07) is 12.5. The van der Waals surface area contributed by atoms with E-state index in [1.165, 1.54) is 23.1 Å². The lowest BCUT2D eigenvalue weighted by molar-refractivity contribution is -0.143. The maximum absolute atomic E-state index is 14.1. The van der Waals surface area contributed by atoms with Crippen molar-refractivity contribution in [3.63, 3.8) is 0 Å². The Balaban J connectivity index is 1.45. The highest BCUT2D eigenvalue weighted by Gasteiger charge is 2.50. The van der Waals surface area contributed by atoms with Crippen LogP contribution < -0.4 is 0 Å². The van der Waals surface area contributed by atoms with E-state index in [1.54, 1.807) is 38.1 Å².